The number of aromatic nitrogens is 2. The topological polar surface area (TPSA) is 79.6 Å². The summed E-state index contributed by atoms with van der Waals surface area (Å²) in [5.41, 5.74) is 3.27. The second-order valence-electron chi connectivity index (χ2n) is 6.89. The van der Waals surface area contributed by atoms with Gasteiger partial charge in [0.1, 0.15) is 0 Å². The van der Waals surface area contributed by atoms with Crippen LogP contribution in [0.3, 0.4) is 0 Å². The Kier molecular flexibility index (Phi) is 5.78. The number of nitrogens with one attached hydrogen (secondary N) is 1. The number of pyridine rings is 1. The third-order valence-electron chi connectivity index (χ3n) is 5.19. The van der Waals surface area contributed by atoms with Gasteiger partial charge >= 0.3 is 5.97 Å². The average Bonchev–Trinajstić information content (AvgIpc) is 3.39. The summed E-state index contributed by atoms with van der Waals surface area (Å²) in [6.45, 7) is 0.397. The zero-order valence-corrected chi connectivity index (χ0v) is 17.2. The molecule has 0 bridgehead atoms. The molecule has 1 aromatic carbocycles. The molecule has 3 aromatic rings. The van der Waals surface area contributed by atoms with Crippen LogP contribution in [0.5, 0.6) is 0 Å². The van der Waals surface area contributed by atoms with Gasteiger partial charge in [-0.15, -0.1) is 0 Å². The maximum absolute atomic E-state index is 11.7. The summed E-state index contributed by atoms with van der Waals surface area (Å²) in [4.78, 5) is 18.3. The zero-order chi connectivity index (χ0) is 21.1. The second-order valence-corrected chi connectivity index (χ2v) is 7.27. The maximum Gasteiger partial charge on any atom is 0.337 e. The van der Waals surface area contributed by atoms with Gasteiger partial charge in [0.2, 0.25) is 0 Å². The molecule has 2 aromatic heterocycles. The number of carbonyl (C=O) groups is 1. The third kappa shape index (κ3) is 3.67. The van der Waals surface area contributed by atoms with Gasteiger partial charge in [-0.1, -0.05) is 6.07 Å². The highest BCUT2D eigenvalue weighted by Gasteiger charge is 2.40. The highest BCUT2D eigenvalue weighted by atomic mass is 32.1. The summed E-state index contributed by atoms with van der Waals surface area (Å²) >= 11 is 5.57. The Morgan fingerprint density at radius 1 is 1.20 bits per heavy atom. The largest absolute Gasteiger partial charge is 0.465 e. The van der Waals surface area contributed by atoms with Crippen molar-refractivity contribution in [3.63, 3.8) is 0 Å². The Hall–Kier alpha value is -3.23. The van der Waals surface area contributed by atoms with Crippen molar-refractivity contribution in [3.05, 3.63) is 83.9 Å². The van der Waals surface area contributed by atoms with Crippen molar-refractivity contribution in [3.8, 4) is 5.69 Å². The predicted molar refractivity (Wildman–Crippen MR) is 116 cm³/mol. The van der Waals surface area contributed by atoms with Gasteiger partial charge in [-0.3, -0.25) is 4.98 Å². The zero-order valence-electron chi connectivity index (χ0n) is 16.4. The lowest BCUT2D eigenvalue weighted by atomic mass is 10.0. The standard InChI is InChI=1S/C22H22N4O3S/c1-29-21(28)15-7-9-16(10-8-15)25-12-4-6-18(25)20-19(17-5-2-3-11-23-17)24-22(30)26(20)13-14-27/h2-12,19-20,27H,13-14H2,1H3,(H,24,30)/t19-,20-/m1/s1. The number of carbonyl (C=O) groups excluding carboxylic acids is 1. The number of methoxy groups -OCH3 is 1. The monoisotopic (exact) mass is 422 g/mol. The summed E-state index contributed by atoms with van der Waals surface area (Å²) in [6.07, 6.45) is 3.73. The molecule has 7 nitrogen and oxygen atoms in total. The van der Waals surface area contributed by atoms with E-state index in [9.17, 15) is 9.90 Å². The molecule has 3 heterocycles. The number of hydrogen-bond acceptors (Lipinski definition) is 5. The first kappa shape index (κ1) is 20.1. The molecular weight excluding hydrogens is 400 g/mol. The quantitative estimate of drug-likeness (QED) is 0.467. The molecule has 1 fully saturated rings. The Morgan fingerprint density at radius 3 is 2.67 bits per heavy atom. The number of benzene rings is 1. The van der Waals surface area contributed by atoms with Crippen molar-refractivity contribution in [2.24, 2.45) is 0 Å². The van der Waals surface area contributed by atoms with E-state index in [-0.39, 0.29) is 24.7 Å². The average molecular weight is 423 g/mol. The lowest BCUT2D eigenvalue weighted by Gasteiger charge is -2.28. The van der Waals surface area contributed by atoms with Crippen LogP contribution in [0.2, 0.25) is 0 Å². The molecule has 0 radical (unpaired) electrons. The Morgan fingerprint density at radius 2 is 2.00 bits per heavy atom. The van der Waals surface area contributed by atoms with Gasteiger partial charge in [0.05, 0.1) is 37.1 Å². The van der Waals surface area contributed by atoms with Gasteiger partial charge in [-0.2, -0.15) is 0 Å². The lowest BCUT2D eigenvalue weighted by Crippen LogP contribution is -2.32. The van der Waals surface area contributed by atoms with Gasteiger partial charge in [0.15, 0.2) is 5.11 Å². The normalized spacial score (nSPS) is 18.3. The van der Waals surface area contributed by atoms with Crippen LogP contribution < -0.4 is 5.32 Å². The first-order valence-electron chi connectivity index (χ1n) is 9.59. The van der Waals surface area contributed by atoms with Crippen molar-refractivity contribution in [1.29, 1.82) is 0 Å². The number of aliphatic hydroxyl groups excluding tert-OH is 1. The van der Waals surface area contributed by atoms with Crippen molar-refractivity contribution in [1.82, 2.24) is 19.8 Å². The predicted octanol–water partition coefficient (Wildman–Crippen LogP) is 2.62. The van der Waals surface area contributed by atoms with E-state index in [1.807, 2.05) is 53.6 Å². The summed E-state index contributed by atoms with van der Waals surface area (Å²) in [7, 11) is 1.36. The molecule has 2 atom stereocenters. The van der Waals surface area contributed by atoms with Gasteiger partial charge in [-0.05, 0) is 60.7 Å². The molecule has 0 spiro atoms. The number of hydrogen-bond donors (Lipinski definition) is 2. The summed E-state index contributed by atoms with van der Waals surface area (Å²) < 4.78 is 6.84. The van der Waals surface area contributed by atoms with Gasteiger partial charge in [0.25, 0.3) is 0 Å². The first-order valence-corrected chi connectivity index (χ1v) is 10.00. The van der Waals surface area contributed by atoms with Crippen LogP contribution in [0.4, 0.5) is 0 Å². The molecule has 0 amide bonds. The number of thiocarbonyl (C=S) groups is 1. The smallest absolute Gasteiger partial charge is 0.337 e. The molecule has 2 N–H and O–H groups in total. The van der Waals surface area contributed by atoms with E-state index in [0.717, 1.165) is 17.1 Å². The Bertz CT molecular complexity index is 1040. The van der Waals surface area contributed by atoms with Crippen LogP contribution in [-0.2, 0) is 4.74 Å². The van der Waals surface area contributed by atoms with Crippen molar-refractivity contribution < 1.29 is 14.6 Å². The maximum atomic E-state index is 11.7. The van der Waals surface area contributed by atoms with Crippen LogP contribution in [0.25, 0.3) is 5.69 Å². The fraction of sp³-hybridized carbons (Fsp3) is 0.227. The molecule has 0 saturated carbocycles. The molecule has 1 saturated heterocycles. The van der Waals surface area contributed by atoms with Crippen LogP contribution in [0.1, 0.15) is 33.8 Å². The van der Waals surface area contributed by atoms with Crippen LogP contribution in [-0.4, -0.2) is 50.9 Å². The fourth-order valence-electron chi connectivity index (χ4n) is 3.82. The van der Waals surface area contributed by atoms with E-state index in [1.54, 1.807) is 18.3 Å². The van der Waals surface area contributed by atoms with E-state index in [2.05, 4.69) is 14.9 Å². The number of esters is 1. The van der Waals surface area contributed by atoms with E-state index in [4.69, 9.17) is 17.0 Å². The second kappa shape index (κ2) is 8.64. The first-order chi connectivity index (χ1) is 14.6. The third-order valence-corrected chi connectivity index (χ3v) is 5.54. The van der Waals surface area contributed by atoms with Crippen molar-refractivity contribution in [2.45, 2.75) is 12.1 Å². The van der Waals surface area contributed by atoms with Gasteiger partial charge in [-0.25, -0.2) is 4.79 Å². The van der Waals surface area contributed by atoms with E-state index in [0.29, 0.717) is 17.2 Å². The molecule has 154 valence electrons. The molecule has 8 heteroatoms. The van der Waals surface area contributed by atoms with E-state index in [1.165, 1.54) is 7.11 Å². The molecule has 1 aliphatic heterocycles. The number of β-amino-alcohol motifs (C(OH)–C–C–N with tert-alkyl or cyclic N) is 1. The van der Waals surface area contributed by atoms with Gasteiger partial charge < -0.3 is 24.6 Å². The summed E-state index contributed by atoms with van der Waals surface area (Å²) in [5.74, 6) is -0.371. The number of nitrogens with zero attached hydrogens (tertiary/aromatic N) is 3. The van der Waals surface area contributed by atoms with E-state index >= 15 is 0 Å². The Balaban J connectivity index is 1.75. The SMILES string of the molecule is COC(=O)c1ccc(-n2cccc2[C@@H]2[C@@H](c3ccccn3)NC(=S)N2CCO)cc1. The minimum absolute atomic E-state index is 0.0121. The molecule has 30 heavy (non-hydrogen) atoms. The van der Waals surface area contributed by atoms with Crippen molar-refractivity contribution >= 4 is 23.3 Å². The Labute approximate surface area is 179 Å². The lowest BCUT2D eigenvalue weighted by molar-refractivity contribution is 0.0600. The van der Waals surface area contributed by atoms with Crippen LogP contribution in [0, 0.1) is 0 Å². The highest BCUT2D eigenvalue weighted by Crippen LogP contribution is 2.39. The molecule has 0 aliphatic carbocycles. The molecule has 1 aliphatic rings. The number of ether oxygens (including phenoxy) is 1. The number of rotatable bonds is 6. The molecule has 4 rings (SSSR count). The highest BCUT2D eigenvalue weighted by molar-refractivity contribution is 7.80. The summed E-state index contributed by atoms with van der Waals surface area (Å²) in [5, 5.41) is 13.6. The number of aliphatic hydroxyl groups is 1. The van der Waals surface area contributed by atoms with Gasteiger partial charge in [0, 0.05) is 30.3 Å². The van der Waals surface area contributed by atoms with Crippen LogP contribution in [0.15, 0.2) is 67.0 Å². The minimum Gasteiger partial charge on any atom is -0.465 e. The van der Waals surface area contributed by atoms with E-state index < -0.39 is 0 Å². The van der Waals surface area contributed by atoms with Crippen LogP contribution >= 0.6 is 12.2 Å². The molecule has 0 unspecified atom stereocenters. The fourth-order valence-corrected chi connectivity index (χ4v) is 4.15. The molecular formula is C22H22N4O3S. The minimum atomic E-state index is -0.371. The van der Waals surface area contributed by atoms with Crippen molar-refractivity contribution in [2.75, 3.05) is 20.3 Å². The summed E-state index contributed by atoms with van der Waals surface area (Å²) in [6, 6.07) is 16.7.